The highest BCUT2D eigenvalue weighted by Crippen LogP contribution is 2.41. The third-order valence-corrected chi connectivity index (χ3v) is 20.6. The zero-order chi connectivity index (χ0) is 62.2. The van der Waals surface area contributed by atoms with Gasteiger partial charge in [0.2, 0.25) is 0 Å². The van der Waals surface area contributed by atoms with Gasteiger partial charge in [0.25, 0.3) is 0 Å². The molecule has 0 amide bonds. The molecule has 0 heterocycles. The largest absolute Gasteiger partial charge is 0.457 e. The van der Waals surface area contributed by atoms with Crippen molar-refractivity contribution >= 4 is 0 Å². The molecule has 0 aliphatic heterocycles. The predicted octanol–water partition coefficient (Wildman–Crippen LogP) is 31.3. The zero-order valence-corrected chi connectivity index (χ0v) is 60.8. The Bertz CT molecular complexity index is 1700. The van der Waals surface area contributed by atoms with E-state index in [4.69, 9.17) is 4.74 Å². The van der Waals surface area contributed by atoms with E-state index in [0.29, 0.717) is 0 Å². The molecule has 87 heavy (non-hydrogen) atoms. The van der Waals surface area contributed by atoms with Crippen LogP contribution in [0.5, 0.6) is 11.5 Å². The van der Waals surface area contributed by atoms with E-state index in [-0.39, 0.29) is 0 Å². The van der Waals surface area contributed by atoms with Crippen LogP contribution < -0.4 is 4.74 Å². The van der Waals surface area contributed by atoms with Crippen molar-refractivity contribution < 1.29 is 4.74 Å². The van der Waals surface area contributed by atoms with Crippen molar-refractivity contribution in [2.75, 3.05) is 0 Å². The van der Waals surface area contributed by atoms with Crippen molar-refractivity contribution in [2.24, 2.45) is 0 Å². The fourth-order valence-corrected chi connectivity index (χ4v) is 14.6. The van der Waals surface area contributed by atoms with E-state index in [1.807, 2.05) is 0 Å². The summed E-state index contributed by atoms with van der Waals surface area (Å²) in [5.74, 6) is 2.33. The highest BCUT2D eigenvalue weighted by molar-refractivity contribution is 5.57. The molecule has 0 radical (unpaired) electrons. The quantitative estimate of drug-likeness (QED) is 0.0600. The van der Waals surface area contributed by atoms with Crippen molar-refractivity contribution in [3.8, 4) is 11.5 Å². The molecule has 0 aromatic heterocycles. The van der Waals surface area contributed by atoms with Gasteiger partial charge in [0.05, 0.1) is 0 Å². The van der Waals surface area contributed by atoms with E-state index < -0.39 is 0 Å². The topological polar surface area (TPSA) is 9.23 Å². The molecule has 0 atom stereocenters. The van der Waals surface area contributed by atoms with Gasteiger partial charge in [-0.15, -0.1) is 0 Å². The smallest absolute Gasteiger partial charge is 0.134 e. The first-order chi connectivity index (χ1) is 43.1. The minimum atomic E-state index is 1.07. The van der Waals surface area contributed by atoms with E-state index in [1.54, 1.807) is 22.3 Å². The van der Waals surface area contributed by atoms with Crippen LogP contribution in [0, 0.1) is 13.8 Å². The molecule has 0 unspecified atom stereocenters. The minimum Gasteiger partial charge on any atom is -0.457 e. The average molecular weight is 1210 g/mol. The van der Waals surface area contributed by atoms with Crippen molar-refractivity contribution in [1.29, 1.82) is 0 Å². The van der Waals surface area contributed by atoms with Crippen LogP contribution in [0.4, 0.5) is 0 Å². The normalized spacial score (nSPS) is 11.7. The van der Waals surface area contributed by atoms with Gasteiger partial charge in [0.15, 0.2) is 0 Å². The third kappa shape index (κ3) is 47.7. The van der Waals surface area contributed by atoms with Crippen LogP contribution in [0.2, 0.25) is 0 Å². The molecule has 2 aromatic rings. The third-order valence-electron chi connectivity index (χ3n) is 20.6. The molecule has 0 N–H and O–H groups in total. The van der Waals surface area contributed by atoms with Gasteiger partial charge in [0.1, 0.15) is 11.5 Å². The standard InChI is InChI=1S/C86H158O/c1-7-11-15-19-23-27-31-35-39-43-47-51-55-59-63-67-74-81-80(6)86(87-85-78-72-71-73-79(85)5)84(77-70-66-62-58-54-50-46-42-38-34-30-26-22-18-14-10-4)83(76-69-65-61-57-53-49-45-41-37-33-29-25-21-17-13-9-3)82(81)75-68-64-60-56-52-48-44-40-36-32-28-24-20-16-12-8-2/h71-73,78H,7-70,74-77H2,1-6H3. The van der Waals surface area contributed by atoms with Crippen molar-refractivity contribution in [3.05, 3.63) is 57.6 Å². The second kappa shape index (κ2) is 64.3. The van der Waals surface area contributed by atoms with E-state index in [9.17, 15) is 0 Å². The molecular weight excluding hydrogens is 1050 g/mol. The Morgan fingerprint density at radius 2 is 0.391 bits per heavy atom. The first-order valence-corrected chi connectivity index (χ1v) is 41.0. The number of benzene rings is 2. The second-order valence-electron chi connectivity index (χ2n) is 28.9. The number of hydrogen-bond donors (Lipinski definition) is 0. The van der Waals surface area contributed by atoms with Crippen LogP contribution in [0.1, 0.15) is 472 Å². The number of aryl methyl sites for hydroxylation is 1. The summed E-state index contributed by atoms with van der Waals surface area (Å²) in [7, 11) is 0. The number of para-hydroxylation sites is 1. The van der Waals surface area contributed by atoms with Gasteiger partial charge in [-0.1, -0.05) is 431 Å². The summed E-state index contributed by atoms with van der Waals surface area (Å²) < 4.78 is 7.39. The first kappa shape index (κ1) is 81.3. The molecule has 0 fully saturated rings. The van der Waals surface area contributed by atoms with Crippen molar-refractivity contribution in [2.45, 2.75) is 478 Å². The maximum absolute atomic E-state index is 7.39. The lowest BCUT2D eigenvalue weighted by molar-refractivity contribution is 0.462. The number of unbranched alkanes of at least 4 members (excludes halogenated alkanes) is 60. The van der Waals surface area contributed by atoms with Crippen LogP contribution >= 0.6 is 0 Å². The summed E-state index contributed by atoms with van der Waals surface area (Å²) in [6, 6.07) is 8.91. The monoisotopic (exact) mass is 1210 g/mol. The van der Waals surface area contributed by atoms with E-state index in [2.05, 4.69) is 65.8 Å². The first-order valence-electron chi connectivity index (χ1n) is 41.0. The highest BCUT2D eigenvalue weighted by Gasteiger charge is 2.23. The number of rotatable bonds is 70. The Morgan fingerprint density at radius 3 is 0.621 bits per heavy atom. The molecule has 0 saturated carbocycles. The van der Waals surface area contributed by atoms with Gasteiger partial charge in [-0.2, -0.15) is 0 Å². The number of ether oxygens (including phenoxy) is 1. The lowest BCUT2D eigenvalue weighted by Gasteiger charge is -2.27. The highest BCUT2D eigenvalue weighted by atomic mass is 16.5. The van der Waals surface area contributed by atoms with Crippen molar-refractivity contribution in [1.82, 2.24) is 0 Å². The maximum Gasteiger partial charge on any atom is 0.134 e. The predicted molar refractivity (Wildman–Crippen MR) is 395 cm³/mol. The lowest BCUT2D eigenvalue weighted by Crippen LogP contribution is -2.12. The molecule has 0 spiro atoms. The summed E-state index contributed by atoms with van der Waals surface area (Å²) >= 11 is 0. The zero-order valence-electron chi connectivity index (χ0n) is 60.8. The van der Waals surface area contributed by atoms with E-state index in [0.717, 1.165) is 5.75 Å². The van der Waals surface area contributed by atoms with Crippen LogP contribution in [-0.2, 0) is 25.7 Å². The summed E-state index contributed by atoms with van der Waals surface area (Å²) in [4.78, 5) is 0. The minimum absolute atomic E-state index is 1.07. The van der Waals surface area contributed by atoms with Crippen LogP contribution in [0.25, 0.3) is 0 Å². The summed E-state index contributed by atoms with van der Waals surface area (Å²) in [6.07, 6.45) is 96.5. The Labute approximate surface area is 549 Å². The molecule has 2 aromatic carbocycles. The number of hydrogen-bond acceptors (Lipinski definition) is 1. The Morgan fingerprint density at radius 1 is 0.207 bits per heavy atom. The SMILES string of the molecule is CCCCCCCCCCCCCCCCCCc1c(C)c(Oc2ccccc2C)c(CCCCCCCCCCCCCCCCCC)c(CCCCCCCCCCCCCCCCCC)c1CCCCCCCCCCCCCCCCCC. The molecule has 0 aliphatic carbocycles. The van der Waals surface area contributed by atoms with Gasteiger partial charge in [-0.05, 0) is 105 Å². The van der Waals surface area contributed by atoms with Gasteiger partial charge >= 0.3 is 0 Å². The van der Waals surface area contributed by atoms with Crippen LogP contribution in [0.3, 0.4) is 0 Å². The van der Waals surface area contributed by atoms with Gasteiger partial charge in [0, 0.05) is 0 Å². The second-order valence-corrected chi connectivity index (χ2v) is 28.9. The van der Waals surface area contributed by atoms with Crippen LogP contribution in [0.15, 0.2) is 24.3 Å². The lowest BCUT2D eigenvalue weighted by atomic mass is 9.82. The molecule has 2 rings (SSSR count). The van der Waals surface area contributed by atoms with Crippen LogP contribution in [-0.4, -0.2) is 0 Å². The molecule has 508 valence electrons. The van der Waals surface area contributed by atoms with E-state index in [1.165, 1.54) is 453 Å². The average Bonchev–Trinajstić information content (AvgIpc) is 1.09. The Balaban J connectivity index is 2.21. The molecule has 0 aliphatic rings. The molecule has 1 heteroatoms. The van der Waals surface area contributed by atoms with Crippen molar-refractivity contribution in [3.63, 3.8) is 0 Å². The molecule has 0 bridgehead atoms. The Kier molecular flexibility index (Phi) is 60.2. The maximum atomic E-state index is 7.39. The summed E-state index contributed by atoms with van der Waals surface area (Å²) in [6.45, 7) is 14.1. The van der Waals surface area contributed by atoms with Gasteiger partial charge in [-0.3, -0.25) is 0 Å². The summed E-state index contributed by atoms with van der Waals surface area (Å²) in [5, 5.41) is 0. The molecule has 1 nitrogen and oxygen atoms in total. The van der Waals surface area contributed by atoms with Gasteiger partial charge in [-0.25, -0.2) is 0 Å². The van der Waals surface area contributed by atoms with E-state index >= 15 is 0 Å². The summed E-state index contributed by atoms with van der Waals surface area (Å²) in [5.41, 5.74) is 9.62. The fraction of sp³-hybridized carbons (Fsp3) is 0.860. The Hall–Kier alpha value is -1.76. The van der Waals surface area contributed by atoms with Gasteiger partial charge < -0.3 is 4.74 Å². The fourth-order valence-electron chi connectivity index (χ4n) is 14.6. The molecule has 0 saturated heterocycles. The molecular formula is C86H158O.